The molecule has 1 atom stereocenters. The van der Waals surface area contributed by atoms with Crippen LogP contribution >= 0.6 is 0 Å². The first-order chi connectivity index (χ1) is 3.93. The maximum absolute atomic E-state index is 7.69. The fourth-order valence-electron chi connectivity index (χ4n) is 0.307. The third kappa shape index (κ3) is 1.68. The third-order valence-electron chi connectivity index (χ3n) is 0.757. The standard InChI is InChI=1S/C3H5N3O2/c4-5-6-8-2-3-1-7-3/h3H,1-2H2. The zero-order valence-corrected chi connectivity index (χ0v) is 4.15. The Hall–Kier alpha value is -0.930. The molecule has 0 spiro atoms. The molecule has 1 fully saturated rings. The lowest BCUT2D eigenvalue weighted by molar-refractivity contribution is 0.120. The number of hydrogen-bond acceptors (Lipinski definition) is 3. The SMILES string of the molecule is [N-]=[N+]=NOCC1CO1. The van der Waals surface area contributed by atoms with Crippen molar-refractivity contribution < 1.29 is 9.57 Å². The molecule has 0 amide bonds. The van der Waals surface area contributed by atoms with E-state index >= 15 is 0 Å². The summed E-state index contributed by atoms with van der Waals surface area (Å²) in [5.41, 5.74) is 7.69. The number of nitrogens with zero attached hydrogens (tertiary/aromatic N) is 3. The van der Waals surface area contributed by atoms with E-state index in [0.29, 0.717) is 6.61 Å². The molecule has 44 valence electrons. The third-order valence-corrected chi connectivity index (χ3v) is 0.757. The molecule has 0 aromatic heterocycles. The van der Waals surface area contributed by atoms with Crippen molar-refractivity contribution in [2.75, 3.05) is 13.2 Å². The second kappa shape index (κ2) is 2.40. The summed E-state index contributed by atoms with van der Waals surface area (Å²) in [6.45, 7) is 1.10. The van der Waals surface area contributed by atoms with Gasteiger partial charge in [0.15, 0.2) is 0 Å². The molecule has 0 N–H and O–H groups in total. The highest BCUT2D eigenvalue weighted by Gasteiger charge is 2.22. The maximum atomic E-state index is 7.69. The molecule has 0 aromatic rings. The van der Waals surface area contributed by atoms with Gasteiger partial charge in [-0.3, -0.25) is 0 Å². The minimum Gasteiger partial charge on any atom is -0.431 e. The van der Waals surface area contributed by atoms with Gasteiger partial charge in [0.05, 0.1) is 6.61 Å². The largest absolute Gasteiger partial charge is 0.431 e. The van der Waals surface area contributed by atoms with Crippen molar-refractivity contribution in [1.29, 1.82) is 0 Å². The Morgan fingerprint density at radius 1 is 2.00 bits per heavy atom. The van der Waals surface area contributed by atoms with Gasteiger partial charge >= 0.3 is 0 Å². The fraction of sp³-hybridized carbons (Fsp3) is 1.00. The predicted molar refractivity (Wildman–Crippen MR) is 24.8 cm³/mol. The monoisotopic (exact) mass is 115 g/mol. The zero-order chi connectivity index (χ0) is 5.82. The highest BCUT2D eigenvalue weighted by atomic mass is 16.7. The number of hydrogen-bond donors (Lipinski definition) is 0. The van der Waals surface area contributed by atoms with Gasteiger partial charge in [0.25, 0.3) is 0 Å². The molecule has 0 saturated carbocycles. The van der Waals surface area contributed by atoms with Crippen LogP contribution in [0, 0.1) is 0 Å². The van der Waals surface area contributed by atoms with Crippen LogP contribution in [-0.4, -0.2) is 19.3 Å². The van der Waals surface area contributed by atoms with Crippen LogP contribution in [0.4, 0.5) is 0 Å². The lowest BCUT2D eigenvalue weighted by atomic mass is 10.5. The lowest BCUT2D eigenvalue weighted by Crippen LogP contribution is -1.94. The molecule has 1 saturated heterocycles. The molecule has 1 rings (SSSR count). The van der Waals surface area contributed by atoms with Crippen molar-refractivity contribution in [2.45, 2.75) is 6.10 Å². The molecular formula is C3H5N3O2. The van der Waals surface area contributed by atoms with Crippen molar-refractivity contribution in [1.82, 2.24) is 0 Å². The molecule has 0 radical (unpaired) electrons. The number of azide groups is 1. The van der Waals surface area contributed by atoms with Gasteiger partial charge in [0.1, 0.15) is 18.0 Å². The van der Waals surface area contributed by atoms with E-state index in [0.717, 1.165) is 6.61 Å². The summed E-state index contributed by atoms with van der Waals surface area (Å²) >= 11 is 0. The van der Waals surface area contributed by atoms with E-state index in [2.05, 4.69) is 15.0 Å². The molecule has 5 heteroatoms. The minimum atomic E-state index is 0.167. The summed E-state index contributed by atoms with van der Waals surface area (Å²) < 4.78 is 4.75. The second-order valence-corrected chi connectivity index (χ2v) is 1.42. The molecule has 8 heavy (non-hydrogen) atoms. The van der Waals surface area contributed by atoms with Crippen LogP contribution < -0.4 is 0 Å². The lowest BCUT2D eigenvalue weighted by Gasteiger charge is -1.87. The Kier molecular flexibility index (Phi) is 1.56. The average Bonchev–Trinajstić information content (AvgIpc) is 2.51. The van der Waals surface area contributed by atoms with Crippen molar-refractivity contribution in [3.05, 3.63) is 10.4 Å². The summed E-state index contributed by atoms with van der Waals surface area (Å²) in [6, 6.07) is 0. The van der Waals surface area contributed by atoms with Gasteiger partial charge in [-0.2, -0.15) is 0 Å². The summed E-state index contributed by atoms with van der Waals surface area (Å²) in [5.74, 6) is 0. The van der Waals surface area contributed by atoms with Gasteiger partial charge in [-0.1, -0.05) is 0 Å². The average molecular weight is 115 g/mol. The number of ether oxygens (including phenoxy) is 1. The molecule has 1 aliphatic rings. The Bertz CT molecular complexity index is 116. The van der Waals surface area contributed by atoms with E-state index in [1.54, 1.807) is 0 Å². The highest BCUT2D eigenvalue weighted by molar-refractivity contribution is 4.66. The van der Waals surface area contributed by atoms with Gasteiger partial charge in [0, 0.05) is 4.91 Å². The maximum Gasteiger partial charge on any atom is 0.125 e. The fourth-order valence-corrected chi connectivity index (χ4v) is 0.307. The Balaban J connectivity index is 1.95. The van der Waals surface area contributed by atoms with E-state index in [-0.39, 0.29) is 6.10 Å². The molecule has 0 aromatic carbocycles. The Morgan fingerprint density at radius 3 is 3.25 bits per heavy atom. The summed E-state index contributed by atoms with van der Waals surface area (Å²) in [4.78, 5) is 6.77. The van der Waals surface area contributed by atoms with E-state index in [1.165, 1.54) is 0 Å². The number of epoxide rings is 1. The number of rotatable bonds is 3. The normalized spacial score (nSPS) is 23.8. The molecule has 1 aliphatic heterocycles. The Morgan fingerprint density at radius 2 is 2.75 bits per heavy atom. The van der Waals surface area contributed by atoms with E-state index < -0.39 is 0 Å². The predicted octanol–water partition coefficient (Wildman–Crippen LogP) is 0.627. The minimum absolute atomic E-state index is 0.167. The van der Waals surface area contributed by atoms with E-state index in [1.807, 2.05) is 0 Å². The Labute approximate surface area is 45.8 Å². The topological polar surface area (TPSA) is 70.5 Å². The first-order valence-corrected chi connectivity index (χ1v) is 2.21. The molecule has 1 heterocycles. The van der Waals surface area contributed by atoms with Crippen molar-refractivity contribution in [2.24, 2.45) is 5.28 Å². The molecule has 1 unspecified atom stereocenters. The summed E-state index contributed by atoms with van der Waals surface area (Å²) in [5, 5.41) is 2.85. The highest BCUT2D eigenvalue weighted by Crippen LogP contribution is 2.08. The van der Waals surface area contributed by atoms with Gasteiger partial charge in [-0.25, -0.2) is 0 Å². The molecule has 0 aliphatic carbocycles. The quantitative estimate of drug-likeness (QED) is 0.178. The van der Waals surface area contributed by atoms with Crippen LogP contribution in [0.3, 0.4) is 0 Å². The van der Waals surface area contributed by atoms with Gasteiger partial charge in [-0.05, 0) is 5.53 Å². The molecule has 5 nitrogen and oxygen atoms in total. The van der Waals surface area contributed by atoms with E-state index in [9.17, 15) is 0 Å². The van der Waals surface area contributed by atoms with Crippen molar-refractivity contribution in [3.63, 3.8) is 0 Å². The van der Waals surface area contributed by atoms with E-state index in [4.69, 9.17) is 10.3 Å². The van der Waals surface area contributed by atoms with Gasteiger partial charge in [-0.15, -0.1) is 0 Å². The van der Waals surface area contributed by atoms with Gasteiger partial charge < -0.3 is 9.57 Å². The smallest absolute Gasteiger partial charge is 0.125 e. The van der Waals surface area contributed by atoms with Crippen LogP contribution in [0.25, 0.3) is 10.4 Å². The van der Waals surface area contributed by atoms with Gasteiger partial charge in [0.2, 0.25) is 0 Å². The van der Waals surface area contributed by atoms with Crippen LogP contribution in [0.15, 0.2) is 5.28 Å². The first-order valence-electron chi connectivity index (χ1n) is 2.21. The first kappa shape index (κ1) is 5.21. The van der Waals surface area contributed by atoms with Crippen LogP contribution in [0.2, 0.25) is 0 Å². The van der Waals surface area contributed by atoms with Crippen LogP contribution in [-0.2, 0) is 9.57 Å². The van der Waals surface area contributed by atoms with Crippen molar-refractivity contribution in [3.8, 4) is 0 Å². The van der Waals surface area contributed by atoms with Crippen LogP contribution in [0.1, 0.15) is 0 Å². The zero-order valence-electron chi connectivity index (χ0n) is 4.15. The summed E-state index contributed by atoms with van der Waals surface area (Å²) in [7, 11) is 0. The van der Waals surface area contributed by atoms with Crippen LogP contribution in [0.5, 0.6) is 0 Å². The molecular weight excluding hydrogens is 110 g/mol. The second-order valence-electron chi connectivity index (χ2n) is 1.42. The summed E-state index contributed by atoms with van der Waals surface area (Å²) in [6.07, 6.45) is 0.167. The molecule has 0 bridgehead atoms. The van der Waals surface area contributed by atoms with Crippen molar-refractivity contribution >= 4 is 0 Å².